The summed E-state index contributed by atoms with van der Waals surface area (Å²) in [5.41, 5.74) is 5.30. The van der Waals surface area contributed by atoms with E-state index in [0.29, 0.717) is 13.0 Å². The maximum atomic E-state index is 8.28. The van der Waals surface area contributed by atoms with E-state index in [4.69, 9.17) is 10.9 Å². The lowest BCUT2D eigenvalue weighted by atomic mass is 10.3. The van der Waals surface area contributed by atoms with Gasteiger partial charge in [0.2, 0.25) is 0 Å². The van der Waals surface area contributed by atoms with E-state index < -0.39 is 0 Å². The molecular formula is C8H16N6O. The van der Waals surface area contributed by atoms with Crippen molar-refractivity contribution in [1.29, 1.82) is 0 Å². The summed E-state index contributed by atoms with van der Waals surface area (Å²) < 4.78 is 1.78. The Hall–Kier alpha value is -1.63. The van der Waals surface area contributed by atoms with Crippen LogP contribution in [0.15, 0.2) is 17.5 Å². The van der Waals surface area contributed by atoms with Gasteiger partial charge in [-0.05, 0) is 13.0 Å². The number of nitrogens with two attached hydrogens (primary N) is 1. The molecule has 0 saturated heterocycles. The van der Waals surface area contributed by atoms with E-state index in [1.807, 2.05) is 6.20 Å². The summed E-state index contributed by atoms with van der Waals surface area (Å²) in [6, 6.07) is 0. The minimum atomic E-state index is 0.249. The van der Waals surface area contributed by atoms with Crippen LogP contribution in [-0.4, -0.2) is 39.1 Å². The molecule has 7 nitrogen and oxygen atoms in total. The SMILES string of the molecule is N/C(CCNCCCn1ccnn1)=N/O. The summed E-state index contributed by atoms with van der Waals surface area (Å²) >= 11 is 0. The molecule has 0 spiro atoms. The second kappa shape index (κ2) is 6.77. The minimum Gasteiger partial charge on any atom is -0.409 e. The molecule has 15 heavy (non-hydrogen) atoms. The fourth-order valence-electron chi connectivity index (χ4n) is 1.11. The van der Waals surface area contributed by atoms with Crippen molar-refractivity contribution in [2.75, 3.05) is 13.1 Å². The van der Waals surface area contributed by atoms with Crippen LogP contribution in [0.5, 0.6) is 0 Å². The van der Waals surface area contributed by atoms with Crippen molar-refractivity contribution in [1.82, 2.24) is 20.3 Å². The summed E-state index contributed by atoms with van der Waals surface area (Å²) in [5.74, 6) is 0.249. The molecule has 0 aliphatic heterocycles. The van der Waals surface area contributed by atoms with Crippen LogP contribution < -0.4 is 11.1 Å². The Morgan fingerprint density at radius 3 is 3.07 bits per heavy atom. The number of nitrogens with one attached hydrogen (secondary N) is 1. The minimum absolute atomic E-state index is 0.249. The third-order valence-corrected chi connectivity index (χ3v) is 1.90. The van der Waals surface area contributed by atoms with Gasteiger partial charge < -0.3 is 16.3 Å². The molecule has 1 rings (SSSR count). The zero-order valence-electron chi connectivity index (χ0n) is 8.50. The Balaban J connectivity index is 1.94. The molecule has 1 aromatic rings. The number of hydrogen-bond acceptors (Lipinski definition) is 5. The van der Waals surface area contributed by atoms with Gasteiger partial charge in [-0.3, -0.25) is 4.68 Å². The van der Waals surface area contributed by atoms with Gasteiger partial charge in [-0.1, -0.05) is 10.4 Å². The highest BCUT2D eigenvalue weighted by atomic mass is 16.4. The van der Waals surface area contributed by atoms with Gasteiger partial charge in [0.1, 0.15) is 5.84 Å². The quantitative estimate of drug-likeness (QED) is 0.184. The smallest absolute Gasteiger partial charge is 0.140 e. The standard InChI is InChI=1S/C8H16N6O/c9-8(12-15)2-4-10-3-1-6-14-7-5-11-13-14/h5,7,10,15H,1-4,6H2,(H2,9,12). The number of rotatable bonds is 7. The number of amidine groups is 1. The van der Waals surface area contributed by atoms with E-state index in [9.17, 15) is 0 Å². The Kier molecular flexibility index (Phi) is 5.16. The molecule has 0 bridgehead atoms. The van der Waals surface area contributed by atoms with E-state index in [2.05, 4.69) is 20.8 Å². The summed E-state index contributed by atoms with van der Waals surface area (Å²) in [4.78, 5) is 0. The highest BCUT2D eigenvalue weighted by molar-refractivity contribution is 5.79. The molecule has 4 N–H and O–H groups in total. The molecule has 1 aromatic heterocycles. The van der Waals surface area contributed by atoms with Crippen molar-refractivity contribution in [3.8, 4) is 0 Å². The Morgan fingerprint density at radius 1 is 1.53 bits per heavy atom. The molecule has 0 aromatic carbocycles. The van der Waals surface area contributed by atoms with Gasteiger partial charge >= 0.3 is 0 Å². The normalized spacial score (nSPS) is 11.9. The lowest BCUT2D eigenvalue weighted by molar-refractivity contribution is 0.316. The molecule has 0 unspecified atom stereocenters. The molecule has 0 fully saturated rings. The van der Waals surface area contributed by atoms with Crippen LogP contribution in [0.2, 0.25) is 0 Å². The van der Waals surface area contributed by atoms with Gasteiger partial charge in [-0.15, -0.1) is 5.10 Å². The second-order valence-corrected chi connectivity index (χ2v) is 3.11. The van der Waals surface area contributed by atoms with Crippen LogP contribution in [0, 0.1) is 0 Å². The van der Waals surface area contributed by atoms with Crippen LogP contribution in [-0.2, 0) is 6.54 Å². The summed E-state index contributed by atoms with van der Waals surface area (Å²) in [7, 11) is 0. The number of nitrogens with zero attached hydrogens (tertiary/aromatic N) is 4. The molecule has 0 aliphatic carbocycles. The van der Waals surface area contributed by atoms with Crippen LogP contribution in [0.1, 0.15) is 12.8 Å². The molecule has 84 valence electrons. The lowest BCUT2D eigenvalue weighted by Gasteiger charge is -2.03. The molecule has 0 saturated carbocycles. The molecule has 0 atom stereocenters. The predicted octanol–water partition coefficient (Wildman–Crippen LogP) is -0.606. The van der Waals surface area contributed by atoms with Crippen molar-refractivity contribution < 1.29 is 5.21 Å². The first-order valence-corrected chi connectivity index (χ1v) is 4.84. The van der Waals surface area contributed by atoms with Crippen LogP contribution in [0.25, 0.3) is 0 Å². The molecule has 0 radical (unpaired) electrons. The van der Waals surface area contributed by atoms with Gasteiger partial charge in [0.05, 0.1) is 6.20 Å². The van der Waals surface area contributed by atoms with Gasteiger partial charge in [-0.2, -0.15) is 0 Å². The second-order valence-electron chi connectivity index (χ2n) is 3.11. The first-order chi connectivity index (χ1) is 7.33. The third-order valence-electron chi connectivity index (χ3n) is 1.90. The molecule has 0 amide bonds. The summed E-state index contributed by atoms with van der Waals surface area (Å²) in [6.45, 7) is 2.43. The average molecular weight is 212 g/mol. The van der Waals surface area contributed by atoms with E-state index >= 15 is 0 Å². The zero-order chi connectivity index (χ0) is 10.9. The van der Waals surface area contributed by atoms with E-state index in [1.54, 1.807) is 10.9 Å². The van der Waals surface area contributed by atoms with Gasteiger partial charge in [-0.25, -0.2) is 0 Å². The Bertz CT molecular complexity index is 283. The van der Waals surface area contributed by atoms with Crippen molar-refractivity contribution in [2.24, 2.45) is 10.9 Å². The van der Waals surface area contributed by atoms with E-state index in [-0.39, 0.29) is 5.84 Å². The van der Waals surface area contributed by atoms with Crippen LogP contribution in [0.4, 0.5) is 0 Å². The fraction of sp³-hybridized carbons (Fsp3) is 0.625. The largest absolute Gasteiger partial charge is 0.409 e. The highest BCUT2D eigenvalue weighted by Gasteiger charge is 1.94. The van der Waals surface area contributed by atoms with E-state index in [1.165, 1.54) is 0 Å². The Labute approximate surface area is 87.9 Å². The molecule has 0 aliphatic rings. The first kappa shape index (κ1) is 11.4. The topological polar surface area (TPSA) is 101 Å². The number of aromatic nitrogens is 3. The van der Waals surface area contributed by atoms with Crippen molar-refractivity contribution in [3.63, 3.8) is 0 Å². The number of hydrogen-bond donors (Lipinski definition) is 3. The van der Waals surface area contributed by atoms with Crippen molar-refractivity contribution in [2.45, 2.75) is 19.4 Å². The monoisotopic (exact) mass is 212 g/mol. The third kappa shape index (κ3) is 4.96. The number of aryl methyl sites for hydroxylation is 1. The lowest BCUT2D eigenvalue weighted by Crippen LogP contribution is -2.23. The predicted molar refractivity (Wildman–Crippen MR) is 55.5 cm³/mol. The molecule has 7 heteroatoms. The maximum absolute atomic E-state index is 8.28. The Morgan fingerprint density at radius 2 is 2.40 bits per heavy atom. The first-order valence-electron chi connectivity index (χ1n) is 4.84. The number of oxime groups is 1. The molecule has 1 heterocycles. The van der Waals surface area contributed by atoms with Crippen LogP contribution in [0.3, 0.4) is 0 Å². The van der Waals surface area contributed by atoms with Gasteiger partial charge in [0.25, 0.3) is 0 Å². The van der Waals surface area contributed by atoms with Crippen molar-refractivity contribution >= 4 is 5.84 Å². The summed E-state index contributed by atoms with van der Waals surface area (Å²) in [5, 5.41) is 21.9. The van der Waals surface area contributed by atoms with Crippen LogP contribution >= 0.6 is 0 Å². The van der Waals surface area contributed by atoms with E-state index in [0.717, 1.165) is 19.5 Å². The fourth-order valence-corrected chi connectivity index (χ4v) is 1.11. The van der Waals surface area contributed by atoms with Gasteiger partial charge in [0.15, 0.2) is 0 Å². The average Bonchev–Trinajstić information content (AvgIpc) is 2.75. The van der Waals surface area contributed by atoms with Gasteiger partial charge in [0, 0.05) is 25.7 Å². The zero-order valence-corrected chi connectivity index (χ0v) is 8.50. The van der Waals surface area contributed by atoms with Crippen molar-refractivity contribution in [3.05, 3.63) is 12.4 Å². The maximum Gasteiger partial charge on any atom is 0.140 e. The summed E-state index contributed by atoms with van der Waals surface area (Å²) in [6.07, 6.45) is 5.02. The molecular weight excluding hydrogens is 196 g/mol. The highest BCUT2D eigenvalue weighted by Crippen LogP contribution is 1.86.